The first-order valence-corrected chi connectivity index (χ1v) is 11.7. The molecule has 0 radical (unpaired) electrons. The van der Waals surface area contributed by atoms with Crippen molar-refractivity contribution < 1.29 is 33.3 Å². The highest BCUT2D eigenvalue weighted by atomic mass is 32.2. The van der Waals surface area contributed by atoms with Gasteiger partial charge in [-0.3, -0.25) is 4.79 Å². The Labute approximate surface area is 204 Å². The second kappa shape index (κ2) is 12.9. The molecule has 0 spiro atoms. The van der Waals surface area contributed by atoms with Gasteiger partial charge in [0.15, 0.2) is 6.04 Å². The Kier molecular flexibility index (Phi) is 10.2. The number of ether oxygens (including phenoxy) is 4. The van der Waals surface area contributed by atoms with Gasteiger partial charge in [0.05, 0.1) is 14.2 Å². The summed E-state index contributed by atoms with van der Waals surface area (Å²) < 4.78 is 20.8. The second-order valence-corrected chi connectivity index (χ2v) is 9.45. The Balaban J connectivity index is 2.18. The number of alkyl carbamates (subject to hydrolysis) is 1. The summed E-state index contributed by atoms with van der Waals surface area (Å²) in [6.07, 6.45) is -0.849. The number of benzene rings is 2. The van der Waals surface area contributed by atoms with E-state index in [4.69, 9.17) is 18.9 Å². The Bertz CT molecular complexity index is 942. The largest absolute Gasteiger partial charge is 0.497 e. The highest BCUT2D eigenvalue weighted by Gasteiger charge is 2.39. The molecule has 0 saturated heterocycles. The van der Waals surface area contributed by atoms with E-state index in [9.17, 15) is 14.4 Å². The van der Waals surface area contributed by atoms with Crippen molar-refractivity contribution >= 4 is 29.8 Å². The van der Waals surface area contributed by atoms with Crippen molar-refractivity contribution in [3.8, 4) is 5.75 Å². The van der Waals surface area contributed by atoms with E-state index in [2.05, 4.69) is 5.32 Å². The Hall–Kier alpha value is -3.20. The van der Waals surface area contributed by atoms with Crippen LogP contribution in [-0.2, 0) is 36.2 Å². The molecule has 2 rings (SSSR count). The molecule has 0 bridgehead atoms. The van der Waals surface area contributed by atoms with Crippen molar-refractivity contribution in [1.29, 1.82) is 0 Å². The summed E-state index contributed by atoms with van der Waals surface area (Å²) >= 11 is 1.16. The van der Waals surface area contributed by atoms with E-state index in [0.29, 0.717) is 11.5 Å². The Morgan fingerprint density at radius 3 is 2.12 bits per heavy atom. The standard InChI is InChI=1S/C25H31NO7S/c1-25(2,3)33-23(28)21(34-16-18-11-13-19(30-4)14-12-18)20(22(27)31-5)26-24(29)32-15-17-9-7-6-8-10-17/h6-14,20-21H,15-16H2,1-5H3,(H,26,29)/t20-,21+/m0/s1. The molecule has 0 aromatic heterocycles. The van der Waals surface area contributed by atoms with E-state index >= 15 is 0 Å². The first-order chi connectivity index (χ1) is 16.1. The molecule has 2 atom stereocenters. The third-order valence-electron chi connectivity index (χ3n) is 4.47. The van der Waals surface area contributed by atoms with Crippen molar-refractivity contribution in [2.45, 2.75) is 50.0 Å². The van der Waals surface area contributed by atoms with Crippen LogP contribution in [0, 0.1) is 0 Å². The molecule has 0 heterocycles. The van der Waals surface area contributed by atoms with E-state index in [1.807, 2.05) is 30.3 Å². The van der Waals surface area contributed by atoms with Crippen LogP contribution in [0.3, 0.4) is 0 Å². The third kappa shape index (κ3) is 8.97. The summed E-state index contributed by atoms with van der Waals surface area (Å²) in [5.41, 5.74) is 0.893. The van der Waals surface area contributed by atoms with Gasteiger partial charge >= 0.3 is 18.0 Å². The number of carbonyl (C=O) groups is 3. The van der Waals surface area contributed by atoms with Crippen LogP contribution in [0.1, 0.15) is 31.9 Å². The molecule has 2 aromatic carbocycles. The monoisotopic (exact) mass is 489 g/mol. The lowest BCUT2D eigenvalue weighted by molar-refractivity contribution is -0.158. The zero-order chi connectivity index (χ0) is 25.1. The molecule has 9 heteroatoms. The van der Waals surface area contributed by atoms with Gasteiger partial charge in [-0.15, -0.1) is 11.8 Å². The lowest BCUT2D eigenvalue weighted by Crippen LogP contribution is -2.52. The predicted octanol–water partition coefficient (Wildman–Crippen LogP) is 4.11. The van der Waals surface area contributed by atoms with Crippen molar-refractivity contribution in [2.75, 3.05) is 14.2 Å². The van der Waals surface area contributed by atoms with Crippen LogP contribution in [0.5, 0.6) is 5.75 Å². The fourth-order valence-corrected chi connectivity index (χ4v) is 3.97. The number of hydrogen-bond acceptors (Lipinski definition) is 8. The summed E-state index contributed by atoms with van der Waals surface area (Å²) in [7, 11) is 2.76. The normalized spacial score (nSPS) is 12.7. The van der Waals surface area contributed by atoms with Crippen LogP contribution < -0.4 is 10.1 Å². The number of carbonyl (C=O) groups excluding carboxylic acids is 3. The van der Waals surface area contributed by atoms with Gasteiger partial charge in [0.1, 0.15) is 23.2 Å². The molecule has 1 amide bonds. The maximum Gasteiger partial charge on any atom is 0.408 e. The lowest BCUT2D eigenvalue weighted by Gasteiger charge is -2.28. The van der Waals surface area contributed by atoms with Gasteiger partial charge in [0, 0.05) is 5.75 Å². The third-order valence-corrected chi connectivity index (χ3v) is 5.80. The second-order valence-electron chi connectivity index (χ2n) is 8.32. The van der Waals surface area contributed by atoms with Crippen molar-refractivity contribution in [3.63, 3.8) is 0 Å². The smallest absolute Gasteiger partial charge is 0.408 e. The maximum atomic E-state index is 13.0. The van der Waals surface area contributed by atoms with Gasteiger partial charge in [-0.05, 0) is 44.0 Å². The summed E-state index contributed by atoms with van der Waals surface area (Å²) in [5.74, 6) is -0.352. The molecule has 1 N–H and O–H groups in total. The van der Waals surface area contributed by atoms with Gasteiger partial charge in [-0.1, -0.05) is 42.5 Å². The Morgan fingerprint density at radius 1 is 0.912 bits per heavy atom. The van der Waals surface area contributed by atoms with Crippen molar-refractivity contribution in [3.05, 3.63) is 65.7 Å². The quantitative estimate of drug-likeness (QED) is 0.393. The number of methoxy groups -OCH3 is 2. The number of hydrogen-bond donors (Lipinski definition) is 1. The first-order valence-electron chi connectivity index (χ1n) is 10.7. The minimum atomic E-state index is -1.31. The van der Waals surface area contributed by atoms with Gasteiger partial charge in [-0.25, -0.2) is 9.59 Å². The molecule has 34 heavy (non-hydrogen) atoms. The zero-order valence-electron chi connectivity index (χ0n) is 20.0. The van der Waals surface area contributed by atoms with Crippen LogP contribution in [0.25, 0.3) is 0 Å². The SMILES string of the molecule is COC(=O)[C@@H](NC(=O)OCc1ccccc1)[C@@H](SCc1ccc(OC)cc1)C(=O)OC(C)(C)C. The number of thioether (sulfide) groups is 1. The molecular formula is C25H31NO7S. The topological polar surface area (TPSA) is 100 Å². The molecule has 0 unspecified atom stereocenters. The molecule has 0 aliphatic carbocycles. The summed E-state index contributed by atoms with van der Waals surface area (Å²) in [5, 5.41) is 1.41. The van der Waals surface area contributed by atoms with Gasteiger partial charge in [-0.2, -0.15) is 0 Å². The van der Waals surface area contributed by atoms with Crippen LogP contribution in [0.15, 0.2) is 54.6 Å². The average Bonchev–Trinajstić information content (AvgIpc) is 2.81. The molecule has 2 aromatic rings. The van der Waals surface area contributed by atoms with E-state index < -0.39 is 34.9 Å². The van der Waals surface area contributed by atoms with Crippen LogP contribution in [-0.4, -0.2) is 49.1 Å². The highest BCUT2D eigenvalue weighted by Crippen LogP contribution is 2.26. The maximum absolute atomic E-state index is 13.0. The van der Waals surface area contributed by atoms with Crippen LogP contribution in [0.4, 0.5) is 4.79 Å². The van der Waals surface area contributed by atoms with E-state index in [1.165, 1.54) is 7.11 Å². The fraction of sp³-hybridized carbons (Fsp3) is 0.400. The number of amides is 1. The predicted molar refractivity (Wildman–Crippen MR) is 129 cm³/mol. The van der Waals surface area contributed by atoms with Crippen molar-refractivity contribution in [1.82, 2.24) is 5.32 Å². The van der Waals surface area contributed by atoms with E-state index in [1.54, 1.807) is 52.1 Å². The first kappa shape index (κ1) is 27.0. The summed E-state index contributed by atoms with van der Waals surface area (Å²) in [6.45, 7) is 5.19. The fourth-order valence-electron chi connectivity index (χ4n) is 2.84. The molecule has 8 nitrogen and oxygen atoms in total. The minimum absolute atomic E-state index is 0.0106. The molecule has 0 aliphatic rings. The summed E-state index contributed by atoms with van der Waals surface area (Å²) in [4.78, 5) is 38.1. The number of esters is 2. The molecule has 0 saturated carbocycles. The average molecular weight is 490 g/mol. The van der Waals surface area contributed by atoms with Crippen molar-refractivity contribution in [2.24, 2.45) is 0 Å². The summed E-state index contributed by atoms with van der Waals surface area (Å²) in [6, 6.07) is 15.1. The molecule has 0 aliphatic heterocycles. The number of rotatable bonds is 10. The number of nitrogens with one attached hydrogen (secondary N) is 1. The minimum Gasteiger partial charge on any atom is -0.497 e. The van der Waals surface area contributed by atoms with Crippen LogP contribution >= 0.6 is 11.8 Å². The molecule has 0 fully saturated rings. The van der Waals surface area contributed by atoms with E-state index in [0.717, 1.165) is 22.9 Å². The highest BCUT2D eigenvalue weighted by molar-refractivity contribution is 7.99. The lowest BCUT2D eigenvalue weighted by atomic mass is 10.1. The van der Waals surface area contributed by atoms with Crippen LogP contribution in [0.2, 0.25) is 0 Å². The zero-order valence-corrected chi connectivity index (χ0v) is 20.8. The van der Waals surface area contributed by atoms with Gasteiger partial charge in [0.25, 0.3) is 0 Å². The van der Waals surface area contributed by atoms with E-state index in [-0.39, 0.29) is 6.61 Å². The van der Waals surface area contributed by atoms with Gasteiger partial charge < -0.3 is 24.3 Å². The molecule has 184 valence electrons. The Morgan fingerprint density at radius 2 is 1.56 bits per heavy atom. The molecular weight excluding hydrogens is 458 g/mol. The van der Waals surface area contributed by atoms with Gasteiger partial charge in [0.2, 0.25) is 0 Å².